The summed E-state index contributed by atoms with van der Waals surface area (Å²) in [5.41, 5.74) is 6.09. The lowest BCUT2D eigenvalue weighted by Crippen LogP contribution is -2.37. The van der Waals surface area contributed by atoms with Crippen LogP contribution in [-0.2, 0) is 9.53 Å². The Labute approximate surface area is 154 Å². The van der Waals surface area contributed by atoms with E-state index in [4.69, 9.17) is 10.5 Å². The van der Waals surface area contributed by atoms with Gasteiger partial charge in [0.05, 0.1) is 11.8 Å². The summed E-state index contributed by atoms with van der Waals surface area (Å²) in [7, 11) is 1.84. The number of nitrogens with two attached hydrogens (primary N) is 1. The van der Waals surface area contributed by atoms with Crippen molar-refractivity contribution in [1.29, 1.82) is 0 Å². The molecule has 0 radical (unpaired) electrons. The number of ether oxygens (including phenoxy) is 1. The van der Waals surface area contributed by atoms with E-state index in [0.717, 1.165) is 19.3 Å². The minimum absolute atomic E-state index is 0. The lowest BCUT2D eigenvalue weighted by Gasteiger charge is -2.20. The third-order valence-electron chi connectivity index (χ3n) is 3.90. The van der Waals surface area contributed by atoms with E-state index in [9.17, 15) is 9.18 Å². The average molecular weight is 382 g/mol. The number of carbonyl (C=O) groups excluding carboxylic acids is 1. The summed E-state index contributed by atoms with van der Waals surface area (Å²) in [6, 6.07) is 6.66. The summed E-state index contributed by atoms with van der Waals surface area (Å²) in [5.74, 6) is -0.314. The molecule has 24 heavy (non-hydrogen) atoms. The standard InChI is InChI=1S/C16H24FN3O2.2ClH/c1-20(14-6-3-2-5-13(14)17)10-4-9-19-16(21)15-8-7-12(11-18)22-15;;/h2-3,5-6,12,15H,4,7-11,18H2,1H3,(H,19,21);2*1H/t12-,15+;;/m1../s1. The molecule has 1 aliphatic heterocycles. The summed E-state index contributed by atoms with van der Waals surface area (Å²) >= 11 is 0. The number of amides is 1. The van der Waals surface area contributed by atoms with Crippen molar-refractivity contribution in [3.8, 4) is 0 Å². The number of hydrogen-bond acceptors (Lipinski definition) is 4. The van der Waals surface area contributed by atoms with Crippen LogP contribution < -0.4 is 16.0 Å². The van der Waals surface area contributed by atoms with Crippen LogP contribution in [0.2, 0.25) is 0 Å². The van der Waals surface area contributed by atoms with Crippen LogP contribution in [0.3, 0.4) is 0 Å². The fourth-order valence-electron chi connectivity index (χ4n) is 2.60. The zero-order valence-electron chi connectivity index (χ0n) is 13.7. The van der Waals surface area contributed by atoms with Gasteiger partial charge in [-0.1, -0.05) is 12.1 Å². The summed E-state index contributed by atoms with van der Waals surface area (Å²) in [6.45, 7) is 1.67. The molecule has 0 aliphatic carbocycles. The van der Waals surface area contributed by atoms with Crippen molar-refractivity contribution in [3.05, 3.63) is 30.1 Å². The maximum Gasteiger partial charge on any atom is 0.249 e. The Morgan fingerprint density at radius 2 is 2.08 bits per heavy atom. The largest absolute Gasteiger partial charge is 0.372 e. The van der Waals surface area contributed by atoms with Crippen molar-refractivity contribution in [1.82, 2.24) is 5.32 Å². The first-order valence-corrected chi connectivity index (χ1v) is 7.70. The molecule has 3 N–H and O–H groups in total. The molecule has 8 heteroatoms. The predicted octanol–water partition coefficient (Wildman–Crippen LogP) is 2.12. The smallest absolute Gasteiger partial charge is 0.249 e. The number of rotatable bonds is 7. The van der Waals surface area contributed by atoms with Crippen molar-refractivity contribution in [3.63, 3.8) is 0 Å². The predicted molar refractivity (Wildman–Crippen MR) is 98.7 cm³/mol. The van der Waals surface area contributed by atoms with E-state index in [2.05, 4.69) is 5.32 Å². The third-order valence-corrected chi connectivity index (χ3v) is 3.90. The molecule has 1 aliphatic rings. The number of para-hydroxylation sites is 1. The molecule has 1 amide bonds. The minimum atomic E-state index is -0.377. The van der Waals surface area contributed by atoms with E-state index in [0.29, 0.717) is 25.3 Å². The Kier molecular flexibility index (Phi) is 11.0. The van der Waals surface area contributed by atoms with E-state index < -0.39 is 0 Å². The zero-order valence-corrected chi connectivity index (χ0v) is 15.4. The molecule has 1 aromatic rings. The minimum Gasteiger partial charge on any atom is -0.372 e. The van der Waals surface area contributed by atoms with Gasteiger partial charge >= 0.3 is 0 Å². The normalized spacial score (nSPS) is 19.1. The Bertz CT molecular complexity index is 508. The molecular formula is C16H26Cl2FN3O2. The molecule has 1 heterocycles. The molecule has 0 unspecified atom stereocenters. The fourth-order valence-corrected chi connectivity index (χ4v) is 2.60. The monoisotopic (exact) mass is 381 g/mol. The van der Waals surface area contributed by atoms with E-state index in [1.54, 1.807) is 12.1 Å². The molecular weight excluding hydrogens is 356 g/mol. The van der Waals surface area contributed by atoms with Gasteiger partial charge in [-0.15, -0.1) is 24.8 Å². The highest BCUT2D eigenvalue weighted by atomic mass is 35.5. The number of anilines is 1. The van der Waals surface area contributed by atoms with Crippen LogP contribution in [-0.4, -0.2) is 44.8 Å². The second-order valence-corrected chi connectivity index (χ2v) is 5.58. The number of hydrogen-bond donors (Lipinski definition) is 2. The Morgan fingerprint density at radius 1 is 1.38 bits per heavy atom. The van der Waals surface area contributed by atoms with Crippen molar-refractivity contribution >= 4 is 36.4 Å². The second-order valence-electron chi connectivity index (χ2n) is 5.58. The first-order valence-electron chi connectivity index (χ1n) is 7.70. The molecule has 5 nitrogen and oxygen atoms in total. The molecule has 0 spiro atoms. The SMILES string of the molecule is CN(CCCNC(=O)[C@@H]1CC[C@H](CN)O1)c1ccccc1F.Cl.Cl. The van der Waals surface area contributed by atoms with E-state index in [-0.39, 0.29) is 48.7 Å². The zero-order chi connectivity index (χ0) is 15.9. The van der Waals surface area contributed by atoms with Gasteiger partial charge in [-0.25, -0.2) is 4.39 Å². The van der Waals surface area contributed by atoms with Gasteiger partial charge in [-0.05, 0) is 31.4 Å². The number of nitrogens with one attached hydrogen (secondary N) is 1. The van der Waals surface area contributed by atoms with Crippen LogP contribution in [0.4, 0.5) is 10.1 Å². The van der Waals surface area contributed by atoms with Crippen LogP contribution >= 0.6 is 24.8 Å². The topological polar surface area (TPSA) is 67.6 Å². The lowest BCUT2D eigenvalue weighted by atomic mass is 10.2. The maximum absolute atomic E-state index is 13.6. The quantitative estimate of drug-likeness (QED) is 0.709. The van der Waals surface area contributed by atoms with Crippen LogP contribution in [0.15, 0.2) is 24.3 Å². The summed E-state index contributed by atoms with van der Waals surface area (Å²) in [4.78, 5) is 13.8. The van der Waals surface area contributed by atoms with Gasteiger partial charge in [0.15, 0.2) is 0 Å². The third kappa shape index (κ3) is 6.43. The van der Waals surface area contributed by atoms with Gasteiger partial charge < -0.3 is 20.7 Å². The lowest BCUT2D eigenvalue weighted by molar-refractivity contribution is -0.131. The van der Waals surface area contributed by atoms with Gasteiger partial charge in [0.2, 0.25) is 5.91 Å². The number of benzene rings is 1. The van der Waals surface area contributed by atoms with E-state index in [1.165, 1.54) is 6.07 Å². The number of nitrogens with zero attached hydrogens (tertiary/aromatic N) is 1. The molecule has 1 saturated heterocycles. The van der Waals surface area contributed by atoms with Gasteiger partial charge in [0, 0.05) is 26.7 Å². The molecule has 0 bridgehead atoms. The molecule has 0 aromatic heterocycles. The molecule has 0 saturated carbocycles. The molecule has 1 aromatic carbocycles. The number of halogens is 3. The number of carbonyl (C=O) groups is 1. The molecule has 1 fully saturated rings. The Hall–Kier alpha value is -1.08. The molecule has 2 rings (SSSR count). The fraction of sp³-hybridized carbons (Fsp3) is 0.562. The van der Waals surface area contributed by atoms with Crippen molar-refractivity contribution in [2.45, 2.75) is 31.5 Å². The first kappa shape index (κ1) is 22.9. The summed E-state index contributed by atoms with van der Waals surface area (Å²) in [5, 5.41) is 2.87. The first-order chi connectivity index (χ1) is 10.6. The van der Waals surface area contributed by atoms with Crippen LogP contribution in [0, 0.1) is 5.82 Å². The van der Waals surface area contributed by atoms with Crippen molar-refractivity contribution < 1.29 is 13.9 Å². The molecule has 2 atom stereocenters. The highest BCUT2D eigenvalue weighted by Crippen LogP contribution is 2.19. The van der Waals surface area contributed by atoms with Gasteiger partial charge in [-0.2, -0.15) is 0 Å². The average Bonchev–Trinajstić information content (AvgIpc) is 3.00. The summed E-state index contributed by atoms with van der Waals surface area (Å²) in [6.07, 6.45) is 1.93. The van der Waals surface area contributed by atoms with Gasteiger partial charge in [-0.3, -0.25) is 4.79 Å². The maximum atomic E-state index is 13.6. The van der Waals surface area contributed by atoms with Gasteiger partial charge in [0.25, 0.3) is 0 Å². The van der Waals surface area contributed by atoms with Crippen molar-refractivity contribution in [2.75, 3.05) is 31.6 Å². The Balaban J connectivity index is 0.00000264. The highest BCUT2D eigenvalue weighted by molar-refractivity contribution is 5.85. The summed E-state index contributed by atoms with van der Waals surface area (Å²) < 4.78 is 19.2. The highest BCUT2D eigenvalue weighted by Gasteiger charge is 2.29. The van der Waals surface area contributed by atoms with Gasteiger partial charge in [0.1, 0.15) is 11.9 Å². The van der Waals surface area contributed by atoms with Crippen molar-refractivity contribution in [2.24, 2.45) is 5.73 Å². The second kappa shape index (κ2) is 11.5. The Morgan fingerprint density at radius 3 is 2.71 bits per heavy atom. The van der Waals surface area contributed by atoms with E-state index in [1.807, 2.05) is 18.0 Å². The van der Waals surface area contributed by atoms with E-state index >= 15 is 0 Å². The van der Waals surface area contributed by atoms with Crippen LogP contribution in [0.25, 0.3) is 0 Å². The van der Waals surface area contributed by atoms with Crippen LogP contribution in [0.1, 0.15) is 19.3 Å². The van der Waals surface area contributed by atoms with Crippen LogP contribution in [0.5, 0.6) is 0 Å². The molecule has 138 valence electrons.